The van der Waals surface area contributed by atoms with Crippen molar-refractivity contribution in [3.63, 3.8) is 0 Å². The number of hydrogen-bond acceptors (Lipinski definition) is 6. The zero-order valence-electron chi connectivity index (χ0n) is 21.5. The molecule has 194 valence electrons. The Morgan fingerprint density at radius 2 is 1.10 bits per heavy atom. The summed E-state index contributed by atoms with van der Waals surface area (Å²) in [4.78, 5) is 2.07. The van der Waals surface area contributed by atoms with Crippen LogP contribution in [-0.4, -0.2) is 7.05 Å². The second-order valence-corrected chi connectivity index (χ2v) is 9.26. The quantitative estimate of drug-likeness (QED) is 0.190. The van der Waals surface area contributed by atoms with Gasteiger partial charge in [-0.1, -0.05) is 66.7 Å². The average molecular weight is 516 g/mol. The first-order valence-electron chi connectivity index (χ1n) is 12.9. The highest BCUT2D eigenvalue weighted by atomic mass is 16.3. The predicted molar refractivity (Wildman–Crippen MR) is 154 cm³/mol. The molecule has 0 bridgehead atoms. The Morgan fingerprint density at radius 3 is 1.67 bits per heavy atom. The standard InChI is InChI=1S/C33H29N3O3/c1-36(31-17-10-22-39-31)28-19-18-26(32(24-11-4-2-5-12-24)34-29-15-8-20-37-29)23-27(28)33(25-13-6-3-7-14-25)35-30-16-9-21-38-30/h2-23,32-35H,1H3. The van der Waals surface area contributed by atoms with Gasteiger partial charge in [-0.05, 0) is 47.0 Å². The molecule has 0 aliphatic heterocycles. The summed E-state index contributed by atoms with van der Waals surface area (Å²) >= 11 is 0. The number of rotatable bonds is 10. The highest BCUT2D eigenvalue weighted by Gasteiger charge is 2.25. The van der Waals surface area contributed by atoms with E-state index in [0.29, 0.717) is 11.8 Å². The lowest BCUT2D eigenvalue weighted by molar-refractivity contribution is 0.568. The molecule has 2 N–H and O–H groups in total. The Hall–Kier alpha value is -5.10. The maximum Gasteiger partial charge on any atom is 0.199 e. The first-order chi connectivity index (χ1) is 19.3. The van der Waals surface area contributed by atoms with Gasteiger partial charge in [-0.2, -0.15) is 0 Å². The van der Waals surface area contributed by atoms with Gasteiger partial charge in [0.25, 0.3) is 0 Å². The maximum atomic E-state index is 5.78. The van der Waals surface area contributed by atoms with Crippen molar-refractivity contribution in [1.82, 2.24) is 0 Å². The van der Waals surface area contributed by atoms with Crippen LogP contribution in [0, 0.1) is 0 Å². The van der Waals surface area contributed by atoms with Gasteiger partial charge in [0, 0.05) is 36.5 Å². The van der Waals surface area contributed by atoms with Crippen LogP contribution >= 0.6 is 0 Å². The van der Waals surface area contributed by atoms with Gasteiger partial charge in [0.1, 0.15) is 0 Å². The maximum absolute atomic E-state index is 5.78. The summed E-state index contributed by atoms with van der Waals surface area (Å²) < 4.78 is 17.2. The van der Waals surface area contributed by atoms with Crippen LogP contribution in [0.3, 0.4) is 0 Å². The molecule has 0 spiro atoms. The summed E-state index contributed by atoms with van der Waals surface area (Å²) in [5, 5.41) is 7.20. The summed E-state index contributed by atoms with van der Waals surface area (Å²) in [6.07, 6.45) is 5.04. The minimum atomic E-state index is -0.204. The lowest BCUT2D eigenvalue weighted by Gasteiger charge is -2.28. The summed E-state index contributed by atoms with van der Waals surface area (Å²) in [7, 11) is 2.02. The molecule has 3 heterocycles. The summed E-state index contributed by atoms with van der Waals surface area (Å²) in [6.45, 7) is 0. The summed E-state index contributed by atoms with van der Waals surface area (Å²) in [5.41, 5.74) is 5.40. The molecule has 0 radical (unpaired) electrons. The van der Waals surface area contributed by atoms with Gasteiger partial charge in [0.15, 0.2) is 17.7 Å². The third kappa shape index (κ3) is 5.31. The van der Waals surface area contributed by atoms with Crippen molar-refractivity contribution in [2.45, 2.75) is 12.1 Å². The fourth-order valence-electron chi connectivity index (χ4n) is 4.87. The number of furan rings is 3. The van der Waals surface area contributed by atoms with Crippen LogP contribution in [0.25, 0.3) is 0 Å². The summed E-state index contributed by atoms with van der Waals surface area (Å²) in [5.74, 6) is 2.15. The largest absolute Gasteiger partial charge is 0.449 e. The fraction of sp³-hybridized carbons (Fsp3) is 0.0909. The first kappa shape index (κ1) is 24.2. The highest BCUT2D eigenvalue weighted by Crippen LogP contribution is 2.39. The number of hydrogen-bond donors (Lipinski definition) is 2. The van der Waals surface area contributed by atoms with E-state index in [1.807, 2.05) is 55.6 Å². The van der Waals surface area contributed by atoms with Gasteiger partial charge in [0.05, 0.1) is 30.9 Å². The molecule has 39 heavy (non-hydrogen) atoms. The van der Waals surface area contributed by atoms with Gasteiger partial charge >= 0.3 is 0 Å². The van der Waals surface area contributed by atoms with Crippen LogP contribution in [-0.2, 0) is 0 Å². The van der Waals surface area contributed by atoms with E-state index in [1.165, 1.54) is 0 Å². The van der Waals surface area contributed by atoms with Gasteiger partial charge in [-0.25, -0.2) is 0 Å². The van der Waals surface area contributed by atoms with Crippen LogP contribution in [0.2, 0.25) is 0 Å². The van der Waals surface area contributed by atoms with Gasteiger partial charge < -0.3 is 28.8 Å². The first-order valence-corrected chi connectivity index (χ1v) is 12.9. The van der Waals surface area contributed by atoms with Crippen LogP contribution in [0.4, 0.5) is 23.3 Å². The monoisotopic (exact) mass is 515 g/mol. The Morgan fingerprint density at radius 1 is 0.538 bits per heavy atom. The fourth-order valence-corrected chi connectivity index (χ4v) is 4.87. The van der Waals surface area contributed by atoms with E-state index in [9.17, 15) is 0 Å². The van der Waals surface area contributed by atoms with Gasteiger partial charge in [-0.3, -0.25) is 0 Å². The highest BCUT2D eigenvalue weighted by molar-refractivity contribution is 5.67. The van der Waals surface area contributed by atoms with Gasteiger partial charge in [0.2, 0.25) is 0 Å². The van der Waals surface area contributed by atoms with E-state index >= 15 is 0 Å². The lowest BCUT2D eigenvalue weighted by Crippen LogP contribution is -2.20. The molecule has 0 aliphatic carbocycles. The molecule has 6 aromatic rings. The third-order valence-corrected chi connectivity index (χ3v) is 6.78. The molecule has 2 unspecified atom stereocenters. The Kier molecular flexibility index (Phi) is 6.91. The smallest absolute Gasteiger partial charge is 0.199 e. The normalized spacial score (nSPS) is 12.5. The molecule has 0 saturated carbocycles. The molecule has 0 fully saturated rings. The van der Waals surface area contributed by atoms with Crippen LogP contribution in [0.1, 0.15) is 34.3 Å². The van der Waals surface area contributed by atoms with E-state index in [1.54, 1.807) is 18.8 Å². The van der Waals surface area contributed by atoms with E-state index in [-0.39, 0.29) is 12.1 Å². The lowest BCUT2D eigenvalue weighted by atomic mass is 9.91. The zero-order valence-corrected chi connectivity index (χ0v) is 21.5. The topological polar surface area (TPSA) is 66.7 Å². The van der Waals surface area contributed by atoms with Crippen molar-refractivity contribution >= 4 is 23.3 Å². The molecule has 6 rings (SSSR count). The van der Waals surface area contributed by atoms with Crippen molar-refractivity contribution in [2.24, 2.45) is 0 Å². The molecular weight excluding hydrogens is 486 g/mol. The molecule has 0 amide bonds. The number of benzene rings is 3. The second-order valence-electron chi connectivity index (χ2n) is 9.26. The van der Waals surface area contributed by atoms with Crippen molar-refractivity contribution in [1.29, 1.82) is 0 Å². The van der Waals surface area contributed by atoms with E-state index in [0.717, 1.165) is 33.8 Å². The predicted octanol–water partition coefficient (Wildman–Crippen LogP) is 8.64. The van der Waals surface area contributed by atoms with Crippen molar-refractivity contribution < 1.29 is 13.3 Å². The third-order valence-electron chi connectivity index (χ3n) is 6.78. The van der Waals surface area contributed by atoms with Gasteiger partial charge in [-0.15, -0.1) is 0 Å². The van der Waals surface area contributed by atoms with Crippen LogP contribution in [0.5, 0.6) is 0 Å². The Bertz CT molecular complexity index is 1560. The minimum Gasteiger partial charge on any atom is -0.449 e. The molecule has 0 aliphatic rings. The Labute approximate surface area is 227 Å². The van der Waals surface area contributed by atoms with E-state index < -0.39 is 0 Å². The number of anilines is 4. The van der Waals surface area contributed by atoms with Crippen molar-refractivity contribution in [3.8, 4) is 0 Å². The second kappa shape index (κ2) is 11.1. The molecule has 3 aromatic carbocycles. The molecule has 6 heteroatoms. The summed E-state index contributed by atoms with van der Waals surface area (Å²) in [6, 6.07) is 38.5. The zero-order chi connectivity index (χ0) is 26.4. The number of nitrogens with zero attached hydrogens (tertiary/aromatic N) is 1. The molecular formula is C33H29N3O3. The van der Waals surface area contributed by atoms with E-state index in [2.05, 4.69) is 82.3 Å². The van der Waals surface area contributed by atoms with E-state index in [4.69, 9.17) is 13.3 Å². The SMILES string of the molecule is CN(c1ccco1)c1ccc(C(Nc2ccco2)c2ccccc2)cc1C(Nc1ccco1)c1ccccc1. The minimum absolute atomic E-state index is 0.140. The number of nitrogens with one attached hydrogen (secondary N) is 2. The van der Waals surface area contributed by atoms with Crippen LogP contribution < -0.4 is 15.5 Å². The van der Waals surface area contributed by atoms with Crippen molar-refractivity contribution in [2.75, 3.05) is 22.6 Å². The molecule has 3 aromatic heterocycles. The Balaban J connectivity index is 1.51. The molecule has 0 saturated heterocycles. The molecule has 6 nitrogen and oxygen atoms in total. The van der Waals surface area contributed by atoms with Crippen LogP contribution in [0.15, 0.2) is 147 Å². The average Bonchev–Trinajstić information content (AvgIpc) is 3.80. The molecule has 2 atom stereocenters. The van der Waals surface area contributed by atoms with Crippen molar-refractivity contribution in [3.05, 3.63) is 156 Å².